The average molecular weight is 265 g/mol. The van der Waals surface area contributed by atoms with Gasteiger partial charge in [-0.3, -0.25) is 0 Å². The first-order chi connectivity index (χ1) is 8.35. The third kappa shape index (κ3) is 2.89. The Labute approximate surface area is 106 Å². The fraction of sp³-hybridized carbons (Fsp3) is 0.333. The van der Waals surface area contributed by atoms with E-state index in [1.165, 1.54) is 0 Å². The summed E-state index contributed by atoms with van der Waals surface area (Å²) >= 11 is 0. The molecule has 1 atom stereocenters. The molecule has 0 aliphatic carbocycles. The molecule has 1 aromatic rings. The smallest absolute Gasteiger partial charge is 0.415 e. The zero-order chi connectivity index (χ0) is 13.3. The number of ether oxygens (including phenoxy) is 1. The highest BCUT2D eigenvalue weighted by molar-refractivity contribution is 6.70. The maximum atomic E-state index is 11.4. The Balaban J connectivity index is 2.13. The van der Waals surface area contributed by atoms with Crippen LogP contribution in [0.15, 0.2) is 24.3 Å². The summed E-state index contributed by atoms with van der Waals surface area (Å²) in [6, 6.07) is 6.40. The van der Waals surface area contributed by atoms with Crippen LogP contribution in [0.3, 0.4) is 0 Å². The minimum Gasteiger partial charge on any atom is -0.544 e. The standard InChI is InChI=1S/C12H15NO4Si/c1-18(2,3)17-9-6-4-8(5-7-9)10-11(14)16-12(15)13-10/h4-7,10H,1-3H3,(H,13,15). The van der Waals surface area contributed by atoms with E-state index in [0.29, 0.717) is 5.56 Å². The Kier molecular flexibility index (Phi) is 3.12. The molecule has 0 aromatic heterocycles. The van der Waals surface area contributed by atoms with Gasteiger partial charge >= 0.3 is 12.1 Å². The summed E-state index contributed by atoms with van der Waals surface area (Å²) in [6.07, 6.45) is -0.701. The van der Waals surface area contributed by atoms with Crippen molar-refractivity contribution in [3.63, 3.8) is 0 Å². The molecule has 0 spiro atoms. The molecule has 6 heteroatoms. The number of esters is 1. The first-order valence-electron chi connectivity index (χ1n) is 5.66. The summed E-state index contributed by atoms with van der Waals surface area (Å²) in [5, 5.41) is 2.44. The first-order valence-corrected chi connectivity index (χ1v) is 9.07. The fourth-order valence-electron chi connectivity index (χ4n) is 1.66. The van der Waals surface area contributed by atoms with Crippen molar-refractivity contribution in [2.24, 2.45) is 0 Å². The summed E-state index contributed by atoms with van der Waals surface area (Å²) in [6.45, 7) is 6.28. The minimum atomic E-state index is -1.63. The van der Waals surface area contributed by atoms with Gasteiger partial charge < -0.3 is 14.5 Å². The second-order valence-corrected chi connectivity index (χ2v) is 9.50. The van der Waals surface area contributed by atoms with Crippen LogP contribution < -0.4 is 9.74 Å². The highest BCUT2D eigenvalue weighted by Crippen LogP contribution is 2.23. The number of carbonyl (C=O) groups is 2. The van der Waals surface area contributed by atoms with Crippen LogP contribution in [0.5, 0.6) is 5.75 Å². The summed E-state index contributed by atoms with van der Waals surface area (Å²) in [7, 11) is -1.63. The molecular formula is C12H15NO4Si. The van der Waals surface area contributed by atoms with Crippen molar-refractivity contribution in [1.29, 1.82) is 0 Å². The van der Waals surface area contributed by atoms with E-state index in [2.05, 4.69) is 29.7 Å². The quantitative estimate of drug-likeness (QED) is 0.517. The van der Waals surface area contributed by atoms with E-state index in [-0.39, 0.29) is 0 Å². The number of rotatable bonds is 3. The lowest BCUT2D eigenvalue weighted by Gasteiger charge is -2.19. The Morgan fingerprint density at radius 2 is 1.78 bits per heavy atom. The highest BCUT2D eigenvalue weighted by Gasteiger charge is 2.33. The van der Waals surface area contributed by atoms with E-state index >= 15 is 0 Å². The van der Waals surface area contributed by atoms with Crippen LogP contribution in [0.4, 0.5) is 4.79 Å². The first kappa shape index (κ1) is 12.6. The SMILES string of the molecule is C[Si](C)(C)Oc1ccc(C2NC(=O)OC2=O)cc1. The molecule has 1 unspecified atom stereocenters. The van der Waals surface area contributed by atoms with Crippen LogP contribution in [0.2, 0.25) is 19.6 Å². The van der Waals surface area contributed by atoms with E-state index in [1.54, 1.807) is 24.3 Å². The topological polar surface area (TPSA) is 64.6 Å². The number of hydrogen-bond acceptors (Lipinski definition) is 4. The van der Waals surface area contributed by atoms with Crippen molar-refractivity contribution in [1.82, 2.24) is 5.32 Å². The minimum absolute atomic E-state index is 0.570. The van der Waals surface area contributed by atoms with Gasteiger partial charge in [0.2, 0.25) is 8.32 Å². The second-order valence-electron chi connectivity index (χ2n) is 5.07. The average Bonchev–Trinajstić information content (AvgIpc) is 2.57. The van der Waals surface area contributed by atoms with E-state index in [1.807, 2.05) is 0 Å². The van der Waals surface area contributed by atoms with Gasteiger partial charge in [0.25, 0.3) is 0 Å². The molecule has 1 heterocycles. The van der Waals surface area contributed by atoms with Gasteiger partial charge in [-0.2, -0.15) is 0 Å². The van der Waals surface area contributed by atoms with Crippen molar-refractivity contribution in [3.05, 3.63) is 29.8 Å². The molecule has 1 aliphatic heterocycles. The van der Waals surface area contributed by atoms with Crippen molar-refractivity contribution >= 4 is 20.4 Å². The van der Waals surface area contributed by atoms with E-state index < -0.39 is 26.4 Å². The molecule has 5 nitrogen and oxygen atoms in total. The number of amides is 1. The molecule has 18 heavy (non-hydrogen) atoms. The van der Waals surface area contributed by atoms with Gasteiger partial charge in [0.1, 0.15) is 5.75 Å². The Morgan fingerprint density at radius 3 is 2.22 bits per heavy atom. The van der Waals surface area contributed by atoms with Crippen molar-refractivity contribution in [2.45, 2.75) is 25.7 Å². The summed E-state index contributed by atoms with van der Waals surface area (Å²) < 4.78 is 10.2. The predicted octanol–water partition coefficient (Wildman–Crippen LogP) is 2.21. The van der Waals surface area contributed by atoms with Crippen LogP contribution in [-0.2, 0) is 9.53 Å². The monoisotopic (exact) mass is 265 g/mol. The molecule has 0 saturated carbocycles. The molecule has 0 radical (unpaired) electrons. The molecule has 96 valence electrons. The zero-order valence-corrected chi connectivity index (χ0v) is 11.5. The maximum absolute atomic E-state index is 11.4. The number of carbonyl (C=O) groups excluding carboxylic acids is 2. The number of benzene rings is 1. The maximum Gasteiger partial charge on any atom is 0.415 e. The summed E-state index contributed by atoms with van der Waals surface area (Å²) in [5.74, 6) is 0.203. The Hall–Kier alpha value is -1.82. The molecule has 0 bridgehead atoms. The molecular weight excluding hydrogens is 250 g/mol. The third-order valence-electron chi connectivity index (χ3n) is 2.33. The number of nitrogens with one attached hydrogen (secondary N) is 1. The van der Waals surface area contributed by atoms with Crippen molar-refractivity contribution < 1.29 is 18.8 Å². The van der Waals surface area contributed by atoms with Gasteiger partial charge in [-0.15, -0.1) is 0 Å². The lowest BCUT2D eigenvalue weighted by atomic mass is 10.1. The molecule has 1 aliphatic rings. The molecule has 1 saturated heterocycles. The van der Waals surface area contributed by atoms with Crippen molar-refractivity contribution in [3.8, 4) is 5.75 Å². The van der Waals surface area contributed by atoms with E-state index in [0.717, 1.165) is 5.75 Å². The molecule has 2 rings (SSSR count). The third-order valence-corrected chi connectivity index (χ3v) is 3.18. The predicted molar refractivity (Wildman–Crippen MR) is 67.8 cm³/mol. The van der Waals surface area contributed by atoms with Gasteiger partial charge in [0.05, 0.1) is 0 Å². The molecule has 1 aromatic carbocycles. The van der Waals surface area contributed by atoms with Crippen LogP contribution in [0.25, 0.3) is 0 Å². The Morgan fingerprint density at radius 1 is 1.17 bits per heavy atom. The second kappa shape index (κ2) is 4.45. The summed E-state index contributed by atoms with van der Waals surface area (Å²) in [4.78, 5) is 22.3. The van der Waals surface area contributed by atoms with Gasteiger partial charge in [0.15, 0.2) is 6.04 Å². The van der Waals surface area contributed by atoms with Gasteiger partial charge in [-0.05, 0) is 37.3 Å². The Bertz CT molecular complexity index is 478. The number of alkyl carbamates (subject to hydrolysis) is 1. The van der Waals surface area contributed by atoms with Gasteiger partial charge in [-0.25, -0.2) is 9.59 Å². The van der Waals surface area contributed by atoms with Crippen LogP contribution in [-0.4, -0.2) is 20.4 Å². The normalized spacial score (nSPS) is 19.4. The molecule has 1 N–H and O–H groups in total. The number of cyclic esters (lactones) is 2. The lowest BCUT2D eigenvalue weighted by molar-refractivity contribution is -0.135. The van der Waals surface area contributed by atoms with E-state index in [4.69, 9.17) is 4.43 Å². The largest absolute Gasteiger partial charge is 0.544 e. The van der Waals surface area contributed by atoms with Gasteiger partial charge in [0, 0.05) is 0 Å². The molecule has 1 amide bonds. The fourth-order valence-corrected chi connectivity index (χ4v) is 2.50. The zero-order valence-electron chi connectivity index (χ0n) is 10.5. The van der Waals surface area contributed by atoms with Crippen LogP contribution >= 0.6 is 0 Å². The summed E-state index contributed by atoms with van der Waals surface area (Å²) in [5.41, 5.74) is 0.689. The molecule has 1 fully saturated rings. The van der Waals surface area contributed by atoms with E-state index in [9.17, 15) is 9.59 Å². The van der Waals surface area contributed by atoms with Crippen molar-refractivity contribution in [2.75, 3.05) is 0 Å². The van der Waals surface area contributed by atoms with Crippen LogP contribution in [0, 0.1) is 0 Å². The van der Waals surface area contributed by atoms with Gasteiger partial charge in [-0.1, -0.05) is 12.1 Å². The lowest BCUT2D eigenvalue weighted by Crippen LogP contribution is -2.29. The van der Waals surface area contributed by atoms with Crippen LogP contribution in [0.1, 0.15) is 11.6 Å². The highest BCUT2D eigenvalue weighted by atomic mass is 28.4. The number of hydrogen-bond donors (Lipinski definition) is 1.